The number of carbonyl (C=O) groups excluding carboxylic acids is 1. The summed E-state index contributed by atoms with van der Waals surface area (Å²) in [4.78, 5) is 14.8. The van der Waals surface area contributed by atoms with Crippen molar-refractivity contribution in [3.63, 3.8) is 0 Å². The number of hydrogen-bond donors (Lipinski definition) is 0. The molecular weight excluding hydrogens is 196 g/mol. The molecule has 0 aromatic carbocycles. The Bertz CT molecular complexity index is 272. The molecule has 1 heterocycles. The quantitative estimate of drug-likeness (QED) is 0.496. The second-order valence-corrected chi connectivity index (χ2v) is 3.01. The van der Waals surface area contributed by atoms with E-state index in [1.54, 1.807) is 19.4 Å². The SMILES string of the molecule is CCOC(=O)COCCCn1ccnc1. The number of hydrogen-bond acceptors (Lipinski definition) is 4. The predicted molar refractivity (Wildman–Crippen MR) is 54.3 cm³/mol. The fourth-order valence-corrected chi connectivity index (χ4v) is 1.13. The van der Waals surface area contributed by atoms with Crippen molar-refractivity contribution in [1.82, 2.24) is 9.55 Å². The number of ether oxygens (including phenoxy) is 2. The van der Waals surface area contributed by atoms with Crippen LogP contribution in [0.15, 0.2) is 18.7 Å². The van der Waals surface area contributed by atoms with Gasteiger partial charge in [-0.2, -0.15) is 0 Å². The molecule has 15 heavy (non-hydrogen) atoms. The molecule has 5 nitrogen and oxygen atoms in total. The third-order valence-electron chi connectivity index (χ3n) is 1.79. The Hall–Kier alpha value is -1.36. The minimum atomic E-state index is -0.305. The average Bonchev–Trinajstić information content (AvgIpc) is 2.70. The normalized spacial score (nSPS) is 10.2. The second-order valence-electron chi connectivity index (χ2n) is 3.01. The van der Waals surface area contributed by atoms with Crippen LogP contribution in [0.25, 0.3) is 0 Å². The van der Waals surface area contributed by atoms with E-state index in [1.807, 2.05) is 10.8 Å². The third-order valence-corrected chi connectivity index (χ3v) is 1.79. The van der Waals surface area contributed by atoms with Crippen LogP contribution in [-0.2, 0) is 20.8 Å². The van der Waals surface area contributed by atoms with Gasteiger partial charge in [-0.05, 0) is 13.3 Å². The molecule has 0 saturated carbocycles. The smallest absolute Gasteiger partial charge is 0.332 e. The zero-order valence-electron chi connectivity index (χ0n) is 8.89. The van der Waals surface area contributed by atoms with Gasteiger partial charge in [-0.15, -0.1) is 0 Å². The van der Waals surface area contributed by atoms with E-state index in [0.29, 0.717) is 13.2 Å². The summed E-state index contributed by atoms with van der Waals surface area (Å²) >= 11 is 0. The maximum atomic E-state index is 10.9. The van der Waals surface area contributed by atoms with Crippen molar-refractivity contribution in [2.45, 2.75) is 19.9 Å². The van der Waals surface area contributed by atoms with Gasteiger partial charge < -0.3 is 14.0 Å². The number of esters is 1. The van der Waals surface area contributed by atoms with E-state index in [9.17, 15) is 4.79 Å². The van der Waals surface area contributed by atoms with E-state index < -0.39 is 0 Å². The van der Waals surface area contributed by atoms with E-state index in [2.05, 4.69) is 4.98 Å². The summed E-state index contributed by atoms with van der Waals surface area (Å²) in [5.41, 5.74) is 0. The van der Waals surface area contributed by atoms with Crippen LogP contribution in [0.2, 0.25) is 0 Å². The minimum absolute atomic E-state index is 0.0395. The Labute approximate surface area is 89.0 Å². The molecule has 0 amide bonds. The number of nitrogens with zero attached hydrogens (tertiary/aromatic N) is 2. The Morgan fingerprint density at radius 3 is 3.07 bits per heavy atom. The Balaban J connectivity index is 1.95. The van der Waals surface area contributed by atoms with Crippen molar-refractivity contribution in [2.24, 2.45) is 0 Å². The fourth-order valence-electron chi connectivity index (χ4n) is 1.13. The first-order chi connectivity index (χ1) is 7.33. The van der Waals surface area contributed by atoms with Gasteiger partial charge in [0.05, 0.1) is 12.9 Å². The minimum Gasteiger partial charge on any atom is -0.464 e. The highest BCUT2D eigenvalue weighted by Gasteiger charge is 2.00. The highest BCUT2D eigenvalue weighted by atomic mass is 16.6. The number of imidazole rings is 1. The van der Waals surface area contributed by atoms with Gasteiger partial charge >= 0.3 is 5.97 Å². The summed E-state index contributed by atoms with van der Waals surface area (Å²) in [6.07, 6.45) is 6.24. The van der Waals surface area contributed by atoms with Crippen LogP contribution in [0.1, 0.15) is 13.3 Å². The van der Waals surface area contributed by atoms with Crippen LogP contribution in [0.4, 0.5) is 0 Å². The molecule has 1 aromatic heterocycles. The van der Waals surface area contributed by atoms with Crippen molar-refractivity contribution in [3.05, 3.63) is 18.7 Å². The molecule has 0 saturated heterocycles. The Morgan fingerprint density at radius 1 is 1.53 bits per heavy atom. The van der Waals surface area contributed by atoms with Gasteiger partial charge in [0.25, 0.3) is 0 Å². The van der Waals surface area contributed by atoms with Gasteiger partial charge in [0.15, 0.2) is 0 Å². The molecule has 5 heteroatoms. The third kappa shape index (κ3) is 5.17. The van der Waals surface area contributed by atoms with Gasteiger partial charge in [0.1, 0.15) is 6.61 Å². The lowest BCUT2D eigenvalue weighted by Crippen LogP contribution is -2.13. The maximum absolute atomic E-state index is 10.9. The summed E-state index contributed by atoms with van der Waals surface area (Å²) in [6.45, 7) is 3.62. The van der Waals surface area contributed by atoms with E-state index >= 15 is 0 Å². The highest BCUT2D eigenvalue weighted by molar-refractivity contribution is 5.70. The van der Waals surface area contributed by atoms with Crippen molar-refractivity contribution < 1.29 is 14.3 Å². The Kier molecular flexibility index (Phi) is 5.47. The van der Waals surface area contributed by atoms with Gasteiger partial charge in [-0.1, -0.05) is 0 Å². The Morgan fingerprint density at radius 2 is 2.40 bits per heavy atom. The van der Waals surface area contributed by atoms with Crippen LogP contribution >= 0.6 is 0 Å². The first-order valence-electron chi connectivity index (χ1n) is 5.02. The van der Waals surface area contributed by atoms with Gasteiger partial charge in [-0.25, -0.2) is 9.78 Å². The topological polar surface area (TPSA) is 53.4 Å². The number of rotatable bonds is 7. The molecule has 0 aliphatic heterocycles. The van der Waals surface area contributed by atoms with E-state index in [1.165, 1.54) is 0 Å². The molecule has 84 valence electrons. The number of aromatic nitrogens is 2. The molecule has 0 N–H and O–H groups in total. The van der Waals surface area contributed by atoms with Gasteiger partial charge in [-0.3, -0.25) is 0 Å². The van der Waals surface area contributed by atoms with E-state index in [-0.39, 0.29) is 12.6 Å². The summed E-state index contributed by atoms with van der Waals surface area (Å²) in [7, 11) is 0. The van der Waals surface area contributed by atoms with Crippen LogP contribution in [-0.4, -0.2) is 35.3 Å². The average molecular weight is 212 g/mol. The lowest BCUT2D eigenvalue weighted by atomic mass is 10.4. The first-order valence-corrected chi connectivity index (χ1v) is 5.02. The molecule has 0 radical (unpaired) electrons. The number of carbonyl (C=O) groups is 1. The summed E-state index contributed by atoms with van der Waals surface area (Å²) in [6, 6.07) is 0. The zero-order chi connectivity index (χ0) is 10.9. The van der Waals surface area contributed by atoms with Crippen LogP contribution in [0, 0.1) is 0 Å². The van der Waals surface area contributed by atoms with Gasteiger partial charge in [0.2, 0.25) is 0 Å². The predicted octanol–water partition coefficient (Wildman–Crippen LogP) is 0.853. The molecule has 0 atom stereocenters. The zero-order valence-corrected chi connectivity index (χ0v) is 8.89. The molecule has 0 unspecified atom stereocenters. The molecule has 0 fully saturated rings. The van der Waals surface area contributed by atoms with Crippen molar-refractivity contribution in [2.75, 3.05) is 19.8 Å². The lowest BCUT2D eigenvalue weighted by molar-refractivity contribution is -0.148. The largest absolute Gasteiger partial charge is 0.464 e. The molecule has 0 aliphatic carbocycles. The van der Waals surface area contributed by atoms with E-state index in [4.69, 9.17) is 9.47 Å². The monoisotopic (exact) mass is 212 g/mol. The van der Waals surface area contributed by atoms with Crippen molar-refractivity contribution in [3.8, 4) is 0 Å². The standard InChI is InChI=1S/C10H16N2O3/c1-2-15-10(13)8-14-7-3-5-12-6-4-11-9-12/h4,6,9H,2-3,5,7-8H2,1H3. The van der Waals surface area contributed by atoms with Crippen LogP contribution in [0.3, 0.4) is 0 Å². The van der Waals surface area contributed by atoms with Crippen LogP contribution < -0.4 is 0 Å². The van der Waals surface area contributed by atoms with Crippen LogP contribution in [0.5, 0.6) is 0 Å². The summed E-state index contributed by atoms with van der Waals surface area (Å²) < 4.78 is 11.8. The first kappa shape index (κ1) is 11.7. The lowest BCUT2D eigenvalue weighted by Gasteiger charge is -2.04. The van der Waals surface area contributed by atoms with Crippen molar-refractivity contribution in [1.29, 1.82) is 0 Å². The molecule has 0 spiro atoms. The second kappa shape index (κ2) is 7.00. The van der Waals surface area contributed by atoms with E-state index in [0.717, 1.165) is 13.0 Å². The summed E-state index contributed by atoms with van der Waals surface area (Å²) in [5, 5.41) is 0. The molecule has 1 aromatic rings. The molecular formula is C10H16N2O3. The highest BCUT2D eigenvalue weighted by Crippen LogP contribution is 1.91. The fraction of sp³-hybridized carbons (Fsp3) is 0.600. The van der Waals surface area contributed by atoms with Gasteiger partial charge in [0, 0.05) is 25.5 Å². The number of aryl methyl sites for hydroxylation is 1. The summed E-state index contributed by atoms with van der Waals surface area (Å²) in [5.74, 6) is -0.305. The molecule has 0 aliphatic rings. The van der Waals surface area contributed by atoms with Crippen molar-refractivity contribution >= 4 is 5.97 Å². The molecule has 1 rings (SSSR count). The molecule has 0 bridgehead atoms. The maximum Gasteiger partial charge on any atom is 0.332 e.